The van der Waals surface area contributed by atoms with Crippen molar-refractivity contribution in [2.75, 3.05) is 0 Å². The first kappa shape index (κ1) is 14.0. The van der Waals surface area contributed by atoms with Crippen molar-refractivity contribution >= 4 is 11.8 Å². The van der Waals surface area contributed by atoms with Gasteiger partial charge in [-0.2, -0.15) is 0 Å². The molecule has 3 heteroatoms. The van der Waals surface area contributed by atoms with E-state index in [1.54, 1.807) is 36.4 Å². The molecule has 1 N–H and O–H groups in total. The number of benzene rings is 2. The maximum absolute atomic E-state index is 12.0. The molecule has 0 aromatic heterocycles. The van der Waals surface area contributed by atoms with E-state index in [-0.39, 0.29) is 11.8 Å². The molecule has 102 valence electrons. The van der Waals surface area contributed by atoms with E-state index >= 15 is 0 Å². The molecule has 20 heavy (non-hydrogen) atoms. The summed E-state index contributed by atoms with van der Waals surface area (Å²) in [6.07, 6.45) is 0. The molecule has 0 heterocycles. The summed E-state index contributed by atoms with van der Waals surface area (Å²) in [6.45, 7) is 4.18. The number of hydrogen-bond donors (Lipinski definition) is 1. The second-order valence-corrected chi connectivity index (χ2v) is 4.93. The van der Waals surface area contributed by atoms with E-state index in [2.05, 4.69) is 19.2 Å². The number of hydrogen-bond acceptors (Lipinski definition) is 2. The smallest absolute Gasteiger partial charge is 0.258 e. The van der Waals surface area contributed by atoms with Crippen LogP contribution in [0.2, 0.25) is 0 Å². The van der Waals surface area contributed by atoms with Crippen LogP contribution in [0.25, 0.3) is 0 Å². The van der Waals surface area contributed by atoms with Gasteiger partial charge in [0.15, 0.2) is 0 Å². The Bertz CT molecular complexity index is 601. The monoisotopic (exact) mass is 267 g/mol. The number of rotatable bonds is 3. The number of carbonyl (C=O) groups is 2. The Labute approximate surface area is 118 Å². The van der Waals surface area contributed by atoms with E-state index in [1.165, 1.54) is 0 Å². The molecular weight excluding hydrogens is 250 g/mol. The minimum atomic E-state index is -0.386. The molecule has 0 saturated heterocycles. The summed E-state index contributed by atoms with van der Waals surface area (Å²) in [5.41, 5.74) is 2.12. The molecule has 0 fully saturated rings. The first-order valence-electron chi connectivity index (χ1n) is 6.58. The van der Waals surface area contributed by atoms with Crippen molar-refractivity contribution in [3.05, 3.63) is 71.3 Å². The predicted octanol–water partition coefficient (Wildman–Crippen LogP) is 3.38. The second-order valence-electron chi connectivity index (χ2n) is 4.93. The van der Waals surface area contributed by atoms with Crippen LogP contribution in [-0.4, -0.2) is 11.8 Å². The third kappa shape index (κ3) is 3.32. The summed E-state index contributed by atoms with van der Waals surface area (Å²) in [6, 6.07) is 16.0. The highest BCUT2D eigenvalue weighted by molar-refractivity contribution is 6.10. The van der Waals surface area contributed by atoms with Gasteiger partial charge in [-0.25, -0.2) is 0 Å². The Balaban J connectivity index is 2.07. The van der Waals surface area contributed by atoms with Crippen LogP contribution in [0.4, 0.5) is 0 Å². The maximum Gasteiger partial charge on any atom is 0.258 e. The van der Waals surface area contributed by atoms with E-state index in [1.807, 2.05) is 18.2 Å². The zero-order valence-corrected chi connectivity index (χ0v) is 11.6. The maximum atomic E-state index is 12.0. The highest BCUT2D eigenvalue weighted by Gasteiger charge is 2.11. The third-order valence-corrected chi connectivity index (χ3v) is 3.10. The molecule has 0 radical (unpaired) electrons. The normalized spacial score (nSPS) is 10.3. The molecule has 2 aromatic rings. The molecule has 0 aliphatic rings. The van der Waals surface area contributed by atoms with E-state index in [9.17, 15) is 9.59 Å². The van der Waals surface area contributed by atoms with Gasteiger partial charge in [0.25, 0.3) is 11.8 Å². The first-order valence-corrected chi connectivity index (χ1v) is 6.58. The summed E-state index contributed by atoms with van der Waals surface area (Å²) < 4.78 is 0. The molecule has 0 aliphatic heterocycles. The van der Waals surface area contributed by atoms with Crippen LogP contribution in [0.3, 0.4) is 0 Å². The number of nitrogens with one attached hydrogen (secondary N) is 1. The Kier molecular flexibility index (Phi) is 4.31. The van der Waals surface area contributed by atoms with Crippen LogP contribution in [0.5, 0.6) is 0 Å². The quantitative estimate of drug-likeness (QED) is 0.866. The van der Waals surface area contributed by atoms with E-state index in [0.29, 0.717) is 17.0 Å². The number of imide groups is 1. The fourth-order valence-electron chi connectivity index (χ4n) is 1.86. The molecule has 2 aromatic carbocycles. The lowest BCUT2D eigenvalue weighted by atomic mass is 10.0. The Morgan fingerprint density at radius 3 is 1.80 bits per heavy atom. The fraction of sp³-hybridized carbons (Fsp3) is 0.176. The molecule has 0 atom stereocenters. The molecule has 0 aliphatic carbocycles. The van der Waals surface area contributed by atoms with Crippen molar-refractivity contribution in [1.82, 2.24) is 5.32 Å². The lowest BCUT2D eigenvalue weighted by Gasteiger charge is -2.07. The van der Waals surface area contributed by atoms with Gasteiger partial charge in [-0.1, -0.05) is 44.2 Å². The van der Waals surface area contributed by atoms with Crippen molar-refractivity contribution in [1.29, 1.82) is 0 Å². The topological polar surface area (TPSA) is 46.2 Å². The average Bonchev–Trinajstić information content (AvgIpc) is 2.48. The van der Waals surface area contributed by atoms with Gasteiger partial charge in [0.1, 0.15) is 0 Å². The Morgan fingerprint density at radius 1 is 0.800 bits per heavy atom. The van der Waals surface area contributed by atoms with Crippen LogP contribution in [0, 0.1) is 0 Å². The van der Waals surface area contributed by atoms with Crippen LogP contribution in [0.1, 0.15) is 46.0 Å². The predicted molar refractivity (Wildman–Crippen MR) is 78.8 cm³/mol. The fourth-order valence-corrected chi connectivity index (χ4v) is 1.86. The molecule has 3 nitrogen and oxygen atoms in total. The van der Waals surface area contributed by atoms with E-state index < -0.39 is 0 Å². The first-order chi connectivity index (χ1) is 9.58. The SMILES string of the molecule is CC(C)c1ccc(C(=O)NC(=O)c2ccccc2)cc1. The molecule has 0 spiro atoms. The van der Waals surface area contributed by atoms with Gasteiger partial charge in [0.05, 0.1) is 0 Å². The summed E-state index contributed by atoms with van der Waals surface area (Å²) >= 11 is 0. The minimum Gasteiger partial charge on any atom is -0.288 e. The lowest BCUT2D eigenvalue weighted by molar-refractivity contribution is 0.0849. The zero-order chi connectivity index (χ0) is 14.5. The van der Waals surface area contributed by atoms with Crippen LogP contribution >= 0.6 is 0 Å². The van der Waals surface area contributed by atoms with Gasteiger partial charge in [0.2, 0.25) is 0 Å². The van der Waals surface area contributed by atoms with Crippen molar-refractivity contribution < 1.29 is 9.59 Å². The van der Waals surface area contributed by atoms with Crippen molar-refractivity contribution in [3.8, 4) is 0 Å². The number of amides is 2. The average molecular weight is 267 g/mol. The van der Waals surface area contributed by atoms with Gasteiger partial charge in [-0.15, -0.1) is 0 Å². The van der Waals surface area contributed by atoms with Crippen molar-refractivity contribution in [3.63, 3.8) is 0 Å². The number of carbonyl (C=O) groups excluding carboxylic acids is 2. The van der Waals surface area contributed by atoms with Crippen molar-refractivity contribution in [2.45, 2.75) is 19.8 Å². The van der Waals surface area contributed by atoms with Crippen LogP contribution in [-0.2, 0) is 0 Å². The molecule has 0 bridgehead atoms. The summed E-state index contributed by atoms with van der Waals surface area (Å²) in [5.74, 6) is -0.351. The molecule has 2 rings (SSSR count). The molecular formula is C17H17NO2. The minimum absolute atomic E-state index is 0.380. The van der Waals surface area contributed by atoms with Gasteiger partial charge in [-0.3, -0.25) is 14.9 Å². The van der Waals surface area contributed by atoms with Gasteiger partial charge < -0.3 is 0 Å². The Morgan fingerprint density at radius 2 is 1.30 bits per heavy atom. The molecule has 0 saturated carbocycles. The molecule has 0 unspecified atom stereocenters. The van der Waals surface area contributed by atoms with E-state index in [4.69, 9.17) is 0 Å². The van der Waals surface area contributed by atoms with Crippen molar-refractivity contribution in [2.24, 2.45) is 0 Å². The van der Waals surface area contributed by atoms with Gasteiger partial charge in [-0.05, 0) is 35.7 Å². The van der Waals surface area contributed by atoms with Gasteiger partial charge in [0, 0.05) is 11.1 Å². The highest BCUT2D eigenvalue weighted by atomic mass is 16.2. The summed E-state index contributed by atoms with van der Waals surface area (Å²) in [4.78, 5) is 23.8. The second kappa shape index (κ2) is 6.15. The standard InChI is InChI=1S/C17H17NO2/c1-12(2)13-8-10-15(11-9-13)17(20)18-16(19)14-6-4-3-5-7-14/h3-12H,1-2H3,(H,18,19,20). The highest BCUT2D eigenvalue weighted by Crippen LogP contribution is 2.14. The van der Waals surface area contributed by atoms with Crippen LogP contribution < -0.4 is 5.32 Å². The molecule has 2 amide bonds. The third-order valence-electron chi connectivity index (χ3n) is 3.10. The summed E-state index contributed by atoms with van der Waals surface area (Å²) in [7, 11) is 0. The summed E-state index contributed by atoms with van der Waals surface area (Å²) in [5, 5.41) is 2.38. The zero-order valence-electron chi connectivity index (χ0n) is 11.6. The van der Waals surface area contributed by atoms with Crippen LogP contribution in [0.15, 0.2) is 54.6 Å². The Hall–Kier alpha value is -2.42. The van der Waals surface area contributed by atoms with E-state index in [0.717, 1.165) is 5.56 Å². The van der Waals surface area contributed by atoms with Gasteiger partial charge >= 0.3 is 0 Å². The lowest BCUT2D eigenvalue weighted by Crippen LogP contribution is -2.30. The largest absolute Gasteiger partial charge is 0.288 e.